The minimum Gasteiger partial charge on any atom is -0.324 e. The first-order valence-corrected chi connectivity index (χ1v) is 13.0. The first kappa shape index (κ1) is 23.9. The van der Waals surface area contributed by atoms with Gasteiger partial charge in [0.25, 0.3) is 5.56 Å². The molecule has 1 aliphatic heterocycles. The molecule has 6 rings (SSSR count). The smallest absolute Gasteiger partial charge is 0.278 e. The van der Waals surface area contributed by atoms with Crippen LogP contribution in [-0.4, -0.2) is 25.9 Å². The summed E-state index contributed by atoms with van der Waals surface area (Å²) in [5.41, 5.74) is 5.04. The third kappa shape index (κ3) is 3.94. The number of halogens is 1. The van der Waals surface area contributed by atoms with E-state index in [2.05, 4.69) is 33.8 Å². The fourth-order valence-electron chi connectivity index (χ4n) is 5.57. The van der Waals surface area contributed by atoms with Crippen LogP contribution in [0, 0.1) is 5.82 Å². The molecule has 1 saturated carbocycles. The second-order valence-electron chi connectivity index (χ2n) is 11.7. The third-order valence-electron chi connectivity index (χ3n) is 7.60. The van der Waals surface area contributed by atoms with Crippen molar-refractivity contribution < 1.29 is 4.39 Å². The van der Waals surface area contributed by atoms with Gasteiger partial charge in [0, 0.05) is 30.0 Å². The van der Waals surface area contributed by atoms with Gasteiger partial charge in [-0.25, -0.2) is 18.7 Å². The molecule has 1 aliphatic carbocycles. The van der Waals surface area contributed by atoms with Crippen molar-refractivity contribution in [2.24, 2.45) is 0 Å². The zero-order valence-electron chi connectivity index (χ0n) is 22.0. The molecule has 2 N–H and O–H groups in total. The molecule has 0 radical (unpaired) electrons. The Hall–Kier alpha value is -3.52. The summed E-state index contributed by atoms with van der Waals surface area (Å²) in [6.45, 7) is 10.8. The molecule has 2 aromatic carbocycles. The lowest BCUT2D eigenvalue weighted by Crippen LogP contribution is -2.36. The van der Waals surface area contributed by atoms with E-state index >= 15 is 0 Å². The molecule has 192 valence electrons. The Morgan fingerprint density at radius 1 is 1.14 bits per heavy atom. The number of aromatic nitrogens is 4. The van der Waals surface area contributed by atoms with Crippen molar-refractivity contribution in [3.8, 4) is 5.69 Å². The first-order chi connectivity index (χ1) is 17.6. The molecule has 3 heterocycles. The molecule has 4 aromatic rings. The number of rotatable bonds is 4. The number of benzene rings is 2. The normalized spacial score (nSPS) is 16.4. The molecular weight excluding hydrogens is 467 g/mol. The number of anilines is 2. The average Bonchev–Trinajstić information content (AvgIpc) is 3.54. The summed E-state index contributed by atoms with van der Waals surface area (Å²) in [5, 5.41) is 7.44. The standard InChI is InChI=1S/C29H33FN6O/c1-17(2)35-26(37)21-16-31-27(33-19-6-8-22-18(14-19)10-13-32-29(22)11-12-29)34-25(21)36(35)20-7-9-24(30)23(15-20)28(3,4)5/h6-9,14-17,32H,10-13H2,1-5H3,(H,31,33,34). The summed E-state index contributed by atoms with van der Waals surface area (Å²) >= 11 is 0. The van der Waals surface area contributed by atoms with Crippen LogP contribution in [-0.2, 0) is 17.4 Å². The van der Waals surface area contributed by atoms with E-state index in [0.717, 1.165) is 18.7 Å². The van der Waals surface area contributed by atoms with Gasteiger partial charge in [-0.1, -0.05) is 26.8 Å². The zero-order chi connectivity index (χ0) is 26.1. The van der Waals surface area contributed by atoms with Gasteiger partial charge in [0.1, 0.15) is 11.2 Å². The van der Waals surface area contributed by atoms with Gasteiger partial charge >= 0.3 is 0 Å². The largest absolute Gasteiger partial charge is 0.324 e. The number of hydrogen-bond donors (Lipinski definition) is 2. The van der Waals surface area contributed by atoms with Crippen LogP contribution in [0.3, 0.4) is 0 Å². The minimum atomic E-state index is -0.394. The molecule has 1 fully saturated rings. The molecule has 0 saturated heterocycles. The van der Waals surface area contributed by atoms with Crippen LogP contribution in [0.5, 0.6) is 0 Å². The van der Waals surface area contributed by atoms with Crippen LogP contribution >= 0.6 is 0 Å². The Labute approximate surface area is 215 Å². The number of hydrogen-bond acceptors (Lipinski definition) is 5. The maximum Gasteiger partial charge on any atom is 0.278 e. The highest BCUT2D eigenvalue weighted by Gasteiger charge is 2.46. The Balaban J connectivity index is 1.45. The van der Waals surface area contributed by atoms with Gasteiger partial charge < -0.3 is 10.6 Å². The van der Waals surface area contributed by atoms with E-state index in [-0.39, 0.29) is 23.0 Å². The van der Waals surface area contributed by atoms with Crippen LogP contribution in [0.15, 0.2) is 47.4 Å². The lowest BCUT2D eigenvalue weighted by Gasteiger charge is -2.27. The predicted octanol–water partition coefficient (Wildman–Crippen LogP) is 5.48. The van der Waals surface area contributed by atoms with Crippen molar-refractivity contribution in [1.82, 2.24) is 24.6 Å². The topological polar surface area (TPSA) is 76.8 Å². The Morgan fingerprint density at radius 2 is 1.92 bits per heavy atom. The van der Waals surface area contributed by atoms with Crippen molar-refractivity contribution in [3.05, 3.63) is 75.5 Å². The van der Waals surface area contributed by atoms with E-state index in [1.54, 1.807) is 21.6 Å². The second-order valence-corrected chi connectivity index (χ2v) is 11.7. The maximum atomic E-state index is 14.7. The molecule has 7 nitrogen and oxygen atoms in total. The van der Waals surface area contributed by atoms with Gasteiger partial charge in [0.2, 0.25) is 5.95 Å². The van der Waals surface area contributed by atoms with E-state index in [0.29, 0.717) is 28.2 Å². The van der Waals surface area contributed by atoms with Crippen LogP contribution in [0.2, 0.25) is 0 Å². The summed E-state index contributed by atoms with van der Waals surface area (Å²) < 4.78 is 18.2. The van der Waals surface area contributed by atoms with E-state index in [1.807, 2.05) is 40.7 Å². The van der Waals surface area contributed by atoms with Gasteiger partial charge in [-0.15, -0.1) is 0 Å². The fourth-order valence-corrected chi connectivity index (χ4v) is 5.57. The molecular formula is C29H33FN6O. The highest BCUT2D eigenvalue weighted by molar-refractivity contribution is 5.77. The first-order valence-electron chi connectivity index (χ1n) is 13.0. The molecule has 37 heavy (non-hydrogen) atoms. The van der Waals surface area contributed by atoms with E-state index in [9.17, 15) is 9.18 Å². The van der Waals surface area contributed by atoms with Crippen LogP contribution < -0.4 is 16.2 Å². The highest BCUT2D eigenvalue weighted by Crippen LogP contribution is 2.49. The van der Waals surface area contributed by atoms with Gasteiger partial charge in [0.15, 0.2) is 5.65 Å². The fraction of sp³-hybridized carbons (Fsp3) is 0.414. The molecule has 0 amide bonds. The molecule has 1 spiro atoms. The molecule has 0 atom stereocenters. The predicted molar refractivity (Wildman–Crippen MR) is 145 cm³/mol. The summed E-state index contributed by atoms with van der Waals surface area (Å²) in [6, 6.07) is 11.3. The zero-order valence-corrected chi connectivity index (χ0v) is 22.0. The van der Waals surface area contributed by atoms with Gasteiger partial charge in [-0.3, -0.25) is 4.79 Å². The highest BCUT2D eigenvalue weighted by atomic mass is 19.1. The van der Waals surface area contributed by atoms with Crippen LogP contribution in [0.1, 0.15) is 70.2 Å². The van der Waals surface area contributed by atoms with E-state index in [1.165, 1.54) is 30.0 Å². The average molecular weight is 501 g/mol. The van der Waals surface area contributed by atoms with Gasteiger partial charge in [-0.2, -0.15) is 4.98 Å². The van der Waals surface area contributed by atoms with Crippen molar-refractivity contribution in [2.45, 2.75) is 70.9 Å². The molecule has 0 unspecified atom stereocenters. The minimum absolute atomic E-state index is 0.134. The SMILES string of the molecule is CC(C)n1c(=O)c2cnc(Nc3ccc4c(c3)CCNC43CC3)nc2n1-c1ccc(F)c(C(C)(C)C)c1. The number of nitrogens with one attached hydrogen (secondary N) is 2. The third-order valence-corrected chi connectivity index (χ3v) is 7.60. The summed E-state index contributed by atoms with van der Waals surface area (Å²) in [5.74, 6) is 0.147. The number of nitrogens with zero attached hydrogens (tertiary/aromatic N) is 4. The van der Waals surface area contributed by atoms with Crippen LogP contribution in [0.25, 0.3) is 16.7 Å². The van der Waals surface area contributed by atoms with Crippen molar-refractivity contribution in [2.75, 3.05) is 11.9 Å². The van der Waals surface area contributed by atoms with Gasteiger partial charge in [0.05, 0.1) is 5.69 Å². The van der Waals surface area contributed by atoms with Gasteiger partial charge in [-0.05, 0) is 85.5 Å². The van der Waals surface area contributed by atoms with Crippen molar-refractivity contribution in [3.63, 3.8) is 0 Å². The van der Waals surface area contributed by atoms with E-state index < -0.39 is 5.41 Å². The molecule has 0 bridgehead atoms. The van der Waals surface area contributed by atoms with E-state index in [4.69, 9.17) is 4.98 Å². The maximum absolute atomic E-state index is 14.7. The Morgan fingerprint density at radius 3 is 2.62 bits per heavy atom. The Bertz CT molecular complexity index is 1590. The second kappa shape index (κ2) is 8.25. The quantitative estimate of drug-likeness (QED) is 0.388. The molecule has 2 aliphatic rings. The molecule has 2 aromatic heterocycles. The van der Waals surface area contributed by atoms with Crippen molar-refractivity contribution in [1.29, 1.82) is 0 Å². The lowest BCUT2D eigenvalue weighted by atomic mass is 9.86. The van der Waals surface area contributed by atoms with Crippen molar-refractivity contribution >= 4 is 22.7 Å². The summed E-state index contributed by atoms with van der Waals surface area (Å²) in [6.07, 6.45) is 4.95. The summed E-state index contributed by atoms with van der Waals surface area (Å²) in [7, 11) is 0. The monoisotopic (exact) mass is 500 g/mol. The number of fused-ring (bicyclic) bond motifs is 3. The lowest BCUT2D eigenvalue weighted by molar-refractivity contribution is 0.473. The Kier molecular flexibility index (Phi) is 5.32. The summed E-state index contributed by atoms with van der Waals surface area (Å²) in [4.78, 5) is 22.6. The van der Waals surface area contributed by atoms with Crippen LogP contribution in [0.4, 0.5) is 16.0 Å². The molecule has 8 heteroatoms.